The topological polar surface area (TPSA) is 58.1 Å². The molecular formula is C19H25FN4OS. The van der Waals surface area contributed by atoms with E-state index in [9.17, 15) is 9.18 Å². The van der Waals surface area contributed by atoms with E-state index in [1.807, 2.05) is 0 Å². The molecule has 0 spiro atoms. The van der Waals surface area contributed by atoms with Gasteiger partial charge in [-0.3, -0.25) is 4.79 Å². The Morgan fingerprint density at radius 3 is 2.85 bits per heavy atom. The standard InChI is InChI=1S/C19H25FN4OS/c1-11-6-15-16(21-10-22-17(15)26-11)24-8-12-4-5-14(7-13(12)9-24)23-18(25)19(2,3)20/h6,10,12-14H,4-5,7-9H2,1-3H3,(H,23,25). The minimum atomic E-state index is -1.82. The van der Waals surface area contributed by atoms with Crippen molar-refractivity contribution in [1.82, 2.24) is 15.3 Å². The first-order valence-corrected chi connectivity index (χ1v) is 10.1. The predicted molar refractivity (Wildman–Crippen MR) is 102 cm³/mol. The summed E-state index contributed by atoms with van der Waals surface area (Å²) in [5.74, 6) is 1.66. The third-order valence-electron chi connectivity index (χ3n) is 5.66. The molecular weight excluding hydrogens is 351 g/mol. The van der Waals surface area contributed by atoms with Gasteiger partial charge in [-0.15, -0.1) is 11.3 Å². The molecule has 3 unspecified atom stereocenters. The summed E-state index contributed by atoms with van der Waals surface area (Å²) in [6.07, 6.45) is 4.56. The summed E-state index contributed by atoms with van der Waals surface area (Å²) >= 11 is 1.70. The van der Waals surface area contributed by atoms with E-state index in [0.29, 0.717) is 11.8 Å². The molecule has 2 aromatic rings. The van der Waals surface area contributed by atoms with Crippen LogP contribution in [0.3, 0.4) is 0 Å². The maximum atomic E-state index is 13.8. The fraction of sp³-hybridized carbons (Fsp3) is 0.632. The van der Waals surface area contributed by atoms with E-state index in [2.05, 4.69) is 33.2 Å². The lowest BCUT2D eigenvalue weighted by Crippen LogP contribution is -2.47. The highest BCUT2D eigenvalue weighted by molar-refractivity contribution is 7.18. The van der Waals surface area contributed by atoms with Crippen molar-refractivity contribution in [3.63, 3.8) is 0 Å². The average molecular weight is 377 g/mol. The number of amides is 1. The molecule has 0 bridgehead atoms. The van der Waals surface area contributed by atoms with Crippen LogP contribution in [0.2, 0.25) is 0 Å². The van der Waals surface area contributed by atoms with Crippen LogP contribution in [0, 0.1) is 18.8 Å². The number of hydrogen-bond donors (Lipinski definition) is 1. The maximum Gasteiger partial charge on any atom is 0.257 e. The number of carbonyl (C=O) groups excluding carboxylic acids is 1. The second kappa shape index (κ2) is 6.44. The van der Waals surface area contributed by atoms with Crippen LogP contribution in [0.15, 0.2) is 12.4 Å². The van der Waals surface area contributed by atoms with Gasteiger partial charge < -0.3 is 10.2 Å². The molecule has 1 saturated heterocycles. The minimum absolute atomic E-state index is 0.0764. The number of rotatable bonds is 3. The SMILES string of the molecule is Cc1cc2c(N3CC4CCC(NC(=O)C(C)(C)F)CC4C3)ncnc2s1. The Morgan fingerprint density at radius 2 is 2.08 bits per heavy atom. The number of anilines is 1. The average Bonchev–Trinajstić information content (AvgIpc) is 3.15. The fourth-order valence-electron chi connectivity index (χ4n) is 4.31. The molecule has 140 valence electrons. The Labute approximate surface area is 157 Å². The van der Waals surface area contributed by atoms with E-state index >= 15 is 0 Å². The van der Waals surface area contributed by atoms with E-state index in [-0.39, 0.29) is 6.04 Å². The van der Waals surface area contributed by atoms with Crippen molar-refractivity contribution < 1.29 is 9.18 Å². The summed E-state index contributed by atoms with van der Waals surface area (Å²) in [4.78, 5) is 25.6. The minimum Gasteiger partial charge on any atom is -0.355 e. The van der Waals surface area contributed by atoms with Crippen LogP contribution in [0.1, 0.15) is 38.0 Å². The highest BCUT2D eigenvalue weighted by atomic mass is 32.1. The number of halogens is 1. The van der Waals surface area contributed by atoms with Gasteiger partial charge in [0.25, 0.3) is 5.91 Å². The van der Waals surface area contributed by atoms with Crippen LogP contribution in [0.5, 0.6) is 0 Å². The van der Waals surface area contributed by atoms with Crippen LogP contribution >= 0.6 is 11.3 Å². The molecule has 0 radical (unpaired) electrons. The molecule has 1 saturated carbocycles. The first kappa shape index (κ1) is 17.6. The van der Waals surface area contributed by atoms with Crippen LogP contribution < -0.4 is 10.2 Å². The first-order valence-electron chi connectivity index (χ1n) is 9.27. The molecule has 4 rings (SSSR count). The summed E-state index contributed by atoms with van der Waals surface area (Å²) in [6, 6.07) is 2.25. The van der Waals surface area contributed by atoms with Gasteiger partial charge in [0.05, 0.1) is 5.39 Å². The zero-order valence-electron chi connectivity index (χ0n) is 15.5. The Balaban J connectivity index is 1.47. The van der Waals surface area contributed by atoms with Crippen LogP contribution in [0.4, 0.5) is 10.2 Å². The van der Waals surface area contributed by atoms with Crippen molar-refractivity contribution in [3.8, 4) is 0 Å². The van der Waals surface area contributed by atoms with E-state index in [0.717, 1.165) is 48.4 Å². The zero-order valence-corrected chi connectivity index (χ0v) is 16.3. The van der Waals surface area contributed by atoms with Gasteiger partial charge >= 0.3 is 0 Å². The van der Waals surface area contributed by atoms with Crippen molar-refractivity contribution in [1.29, 1.82) is 0 Å². The van der Waals surface area contributed by atoms with Gasteiger partial charge in [-0.25, -0.2) is 14.4 Å². The molecule has 1 amide bonds. The summed E-state index contributed by atoms with van der Waals surface area (Å²) in [5.41, 5.74) is -1.82. The second-order valence-electron chi connectivity index (χ2n) is 8.15. The molecule has 2 fully saturated rings. The molecule has 7 heteroatoms. The number of hydrogen-bond acceptors (Lipinski definition) is 5. The van der Waals surface area contributed by atoms with Crippen molar-refractivity contribution in [2.45, 2.75) is 51.7 Å². The predicted octanol–water partition coefficient (Wildman–Crippen LogP) is 3.47. The quantitative estimate of drug-likeness (QED) is 0.891. The van der Waals surface area contributed by atoms with E-state index < -0.39 is 11.6 Å². The molecule has 1 N–H and O–H groups in total. The summed E-state index contributed by atoms with van der Waals surface area (Å²) < 4.78 is 13.8. The third kappa shape index (κ3) is 3.29. The molecule has 26 heavy (non-hydrogen) atoms. The molecule has 3 atom stereocenters. The largest absolute Gasteiger partial charge is 0.355 e. The van der Waals surface area contributed by atoms with Gasteiger partial charge in [-0.2, -0.15) is 0 Å². The molecule has 1 aliphatic heterocycles. The number of fused-ring (bicyclic) bond motifs is 2. The lowest BCUT2D eigenvalue weighted by Gasteiger charge is -2.32. The van der Waals surface area contributed by atoms with Crippen LogP contribution in [-0.4, -0.2) is 40.7 Å². The molecule has 3 heterocycles. The Morgan fingerprint density at radius 1 is 1.31 bits per heavy atom. The van der Waals surface area contributed by atoms with Crippen LogP contribution in [-0.2, 0) is 4.79 Å². The summed E-state index contributed by atoms with van der Waals surface area (Å²) in [5, 5.41) is 4.04. The highest BCUT2D eigenvalue weighted by Crippen LogP contribution is 2.40. The summed E-state index contributed by atoms with van der Waals surface area (Å²) in [6.45, 7) is 6.67. The van der Waals surface area contributed by atoms with Crippen LogP contribution in [0.25, 0.3) is 10.2 Å². The smallest absolute Gasteiger partial charge is 0.257 e. The second-order valence-corrected chi connectivity index (χ2v) is 9.39. The monoisotopic (exact) mass is 376 g/mol. The van der Waals surface area contributed by atoms with E-state index in [1.54, 1.807) is 17.7 Å². The molecule has 1 aliphatic carbocycles. The first-order chi connectivity index (χ1) is 12.3. The number of nitrogens with zero attached hydrogens (tertiary/aromatic N) is 3. The third-order valence-corrected chi connectivity index (χ3v) is 6.61. The van der Waals surface area contributed by atoms with E-state index in [4.69, 9.17) is 0 Å². The van der Waals surface area contributed by atoms with Gasteiger partial charge in [-0.05, 0) is 57.9 Å². The zero-order chi connectivity index (χ0) is 18.5. The van der Waals surface area contributed by atoms with Gasteiger partial charge in [0.15, 0.2) is 5.67 Å². The summed E-state index contributed by atoms with van der Waals surface area (Å²) in [7, 11) is 0. The number of alkyl halides is 1. The molecule has 2 aliphatic rings. The number of aromatic nitrogens is 2. The van der Waals surface area contributed by atoms with E-state index in [1.165, 1.54) is 18.7 Å². The molecule has 0 aromatic carbocycles. The van der Waals surface area contributed by atoms with Crippen molar-refractivity contribution in [3.05, 3.63) is 17.3 Å². The van der Waals surface area contributed by atoms with Gasteiger partial charge in [-0.1, -0.05) is 0 Å². The lowest BCUT2D eigenvalue weighted by molar-refractivity contribution is -0.131. The van der Waals surface area contributed by atoms with Crippen molar-refractivity contribution in [2.24, 2.45) is 11.8 Å². The number of aryl methyl sites for hydroxylation is 1. The Kier molecular flexibility index (Phi) is 4.37. The van der Waals surface area contributed by atoms with Gasteiger partial charge in [0, 0.05) is 24.0 Å². The van der Waals surface area contributed by atoms with Crippen molar-refractivity contribution in [2.75, 3.05) is 18.0 Å². The fourth-order valence-corrected chi connectivity index (χ4v) is 5.15. The van der Waals surface area contributed by atoms with Crippen molar-refractivity contribution >= 4 is 33.3 Å². The highest BCUT2D eigenvalue weighted by Gasteiger charge is 2.40. The number of carbonyl (C=O) groups is 1. The maximum absolute atomic E-state index is 13.8. The molecule has 2 aromatic heterocycles. The Bertz CT molecular complexity index is 831. The van der Waals surface area contributed by atoms with Gasteiger partial charge in [0.1, 0.15) is 17.0 Å². The normalized spacial score (nSPS) is 26.2. The number of thiophene rings is 1. The number of nitrogens with one attached hydrogen (secondary N) is 1. The Hall–Kier alpha value is -1.76. The van der Waals surface area contributed by atoms with Gasteiger partial charge in [0.2, 0.25) is 0 Å². The lowest BCUT2D eigenvalue weighted by atomic mass is 9.79. The molecule has 5 nitrogen and oxygen atoms in total.